The maximum absolute atomic E-state index is 3.81. The van der Waals surface area contributed by atoms with Gasteiger partial charge in [0.05, 0.1) is 0 Å². The molecule has 0 rings (SSSR count). The first kappa shape index (κ1) is 9.74. The van der Waals surface area contributed by atoms with Crippen LogP contribution in [-0.4, -0.2) is 0 Å². The van der Waals surface area contributed by atoms with Crippen LogP contribution in [0.25, 0.3) is 0 Å². The molecule has 0 spiro atoms. The van der Waals surface area contributed by atoms with E-state index in [-0.39, 0.29) is 0 Å². The number of unbranched alkanes of at least 4 members (excludes halogenated alkanes) is 1. The molecule has 0 aliphatic rings. The fourth-order valence-corrected chi connectivity index (χ4v) is 0.931. The highest BCUT2D eigenvalue weighted by Crippen LogP contribution is 2.08. The van der Waals surface area contributed by atoms with E-state index in [4.69, 9.17) is 0 Å². The van der Waals surface area contributed by atoms with Crippen LogP contribution in [0.2, 0.25) is 0 Å². The number of rotatable bonds is 5. The summed E-state index contributed by atoms with van der Waals surface area (Å²) in [4.78, 5) is 0. The monoisotopic (exact) mass is 139 g/mol. The zero-order chi connectivity index (χ0) is 7.82. The first-order valence-electron chi connectivity index (χ1n) is 4.27. The fraction of sp³-hybridized carbons (Fsp3) is 0.700. The van der Waals surface area contributed by atoms with Crippen molar-refractivity contribution in [3.63, 3.8) is 0 Å². The van der Waals surface area contributed by atoms with E-state index >= 15 is 0 Å². The molecular weight excluding hydrogens is 120 g/mol. The van der Waals surface area contributed by atoms with Gasteiger partial charge in [0.25, 0.3) is 0 Å². The smallest absolute Gasteiger partial charge is 0.0262 e. The summed E-state index contributed by atoms with van der Waals surface area (Å²) in [5.41, 5.74) is 0. The first-order chi connectivity index (χ1) is 4.81. The van der Waals surface area contributed by atoms with Gasteiger partial charge in [0.2, 0.25) is 0 Å². The molecule has 0 amide bonds. The predicted octanol–water partition coefficient (Wildman–Crippen LogP) is 3.59. The Labute approximate surface area is 65.3 Å². The van der Waals surface area contributed by atoms with Crippen molar-refractivity contribution in [3.8, 4) is 0 Å². The minimum Gasteiger partial charge on any atom is -0.0885 e. The highest BCUT2D eigenvalue weighted by atomic mass is 14.0. The Morgan fingerprint density at radius 2 is 2.20 bits per heavy atom. The lowest BCUT2D eigenvalue weighted by Crippen LogP contribution is -1.87. The van der Waals surface area contributed by atoms with Crippen molar-refractivity contribution >= 4 is 0 Å². The highest BCUT2D eigenvalue weighted by molar-refractivity contribution is 4.85. The predicted molar refractivity (Wildman–Crippen MR) is 47.8 cm³/mol. The SMILES string of the molecule is [CH2]CCCC(C)/C=C/CC. The standard InChI is InChI=1S/C10H19/c1-4-6-8-10(3)9-7-5-2/h7,9-10H,1,4-6,8H2,2-3H3/b9-7+. The van der Waals surface area contributed by atoms with Gasteiger partial charge in [0.1, 0.15) is 0 Å². The summed E-state index contributed by atoms with van der Waals surface area (Å²) < 4.78 is 0. The maximum Gasteiger partial charge on any atom is -0.0262 e. The van der Waals surface area contributed by atoms with E-state index in [2.05, 4.69) is 32.9 Å². The van der Waals surface area contributed by atoms with Crippen LogP contribution in [-0.2, 0) is 0 Å². The van der Waals surface area contributed by atoms with Crippen LogP contribution in [0.15, 0.2) is 12.2 Å². The molecule has 0 saturated heterocycles. The second-order valence-corrected chi connectivity index (χ2v) is 2.81. The molecule has 0 saturated carbocycles. The Bertz CT molecular complexity index is 82.0. The molecule has 1 radical (unpaired) electrons. The zero-order valence-electron chi connectivity index (χ0n) is 7.27. The maximum atomic E-state index is 3.81. The summed E-state index contributed by atoms with van der Waals surface area (Å²) >= 11 is 0. The van der Waals surface area contributed by atoms with E-state index in [9.17, 15) is 0 Å². The zero-order valence-corrected chi connectivity index (χ0v) is 7.27. The van der Waals surface area contributed by atoms with Crippen LogP contribution < -0.4 is 0 Å². The topological polar surface area (TPSA) is 0 Å². The Morgan fingerprint density at radius 3 is 2.70 bits per heavy atom. The van der Waals surface area contributed by atoms with E-state index in [1.54, 1.807) is 0 Å². The molecule has 1 atom stereocenters. The van der Waals surface area contributed by atoms with E-state index in [0.717, 1.165) is 18.8 Å². The molecule has 1 unspecified atom stereocenters. The van der Waals surface area contributed by atoms with Gasteiger partial charge in [0, 0.05) is 0 Å². The van der Waals surface area contributed by atoms with Crippen molar-refractivity contribution in [2.24, 2.45) is 5.92 Å². The summed E-state index contributed by atoms with van der Waals surface area (Å²) in [5, 5.41) is 0. The molecule has 0 aromatic rings. The summed E-state index contributed by atoms with van der Waals surface area (Å²) in [6.07, 6.45) is 9.33. The van der Waals surface area contributed by atoms with E-state index in [1.165, 1.54) is 12.8 Å². The lowest BCUT2D eigenvalue weighted by atomic mass is 10.0. The van der Waals surface area contributed by atoms with Gasteiger partial charge < -0.3 is 0 Å². The second kappa shape index (κ2) is 6.85. The van der Waals surface area contributed by atoms with Crippen molar-refractivity contribution < 1.29 is 0 Å². The Morgan fingerprint density at radius 1 is 1.50 bits per heavy atom. The molecule has 0 heterocycles. The summed E-state index contributed by atoms with van der Waals surface area (Å²) in [6, 6.07) is 0. The molecular formula is C10H19. The Balaban J connectivity index is 3.24. The molecule has 0 fully saturated rings. The molecule has 0 aliphatic heterocycles. The quantitative estimate of drug-likeness (QED) is 0.510. The molecule has 0 aromatic carbocycles. The van der Waals surface area contributed by atoms with E-state index in [0.29, 0.717) is 0 Å². The van der Waals surface area contributed by atoms with Crippen molar-refractivity contribution in [3.05, 3.63) is 19.1 Å². The van der Waals surface area contributed by atoms with Crippen molar-refractivity contribution in [2.75, 3.05) is 0 Å². The number of hydrogen-bond acceptors (Lipinski definition) is 0. The lowest BCUT2D eigenvalue weighted by Gasteiger charge is -2.02. The average Bonchev–Trinajstić information content (AvgIpc) is 1.97. The molecule has 0 N–H and O–H groups in total. The van der Waals surface area contributed by atoms with Crippen LogP contribution in [0.1, 0.15) is 39.5 Å². The molecule has 0 aliphatic carbocycles. The largest absolute Gasteiger partial charge is 0.0885 e. The minimum absolute atomic E-state index is 0.752. The number of hydrogen-bond donors (Lipinski definition) is 0. The van der Waals surface area contributed by atoms with E-state index < -0.39 is 0 Å². The van der Waals surface area contributed by atoms with E-state index in [1.807, 2.05) is 0 Å². The van der Waals surface area contributed by atoms with Crippen LogP contribution in [0.5, 0.6) is 0 Å². The van der Waals surface area contributed by atoms with Crippen LogP contribution in [0, 0.1) is 12.8 Å². The molecule has 0 bridgehead atoms. The van der Waals surface area contributed by atoms with Gasteiger partial charge in [-0.25, -0.2) is 0 Å². The first-order valence-corrected chi connectivity index (χ1v) is 4.27. The Kier molecular flexibility index (Phi) is 6.68. The van der Waals surface area contributed by atoms with Gasteiger partial charge in [-0.1, -0.05) is 45.8 Å². The van der Waals surface area contributed by atoms with Crippen molar-refractivity contribution in [2.45, 2.75) is 39.5 Å². The third-order valence-corrected chi connectivity index (χ3v) is 1.61. The van der Waals surface area contributed by atoms with Crippen molar-refractivity contribution in [1.82, 2.24) is 0 Å². The van der Waals surface area contributed by atoms with Gasteiger partial charge in [-0.15, -0.1) is 0 Å². The third-order valence-electron chi connectivity index (χ3n) is 1.61. The summed E-state index contributed by atoms with van der Waals surface area (Å²) in [6.45, 7) is 8.25. The van der Waals surface area contributed by atoms with Gasteiger partial charge in [-0.3, -0.25) is 0 Å². The number of allylic oxidation sites excluding steroid dienone is 2. The molecule has 0 heteroatoms. The van der Waals surface area contributed by atoms with Crippen LogP contribution >= 0.6 is 0 Å². The molecule has 59 valence electrons. The third kappa shape index (κ3) is 5.87. The summed E-state index contributed by atoms with van der Waals surface area (Å²) in [7, 11) is 0. The Hall–Kier alpha value is -0.260. The normalized spacial score (nSPS) is 14.3. The fourth-order valence-electron chi connectivity index (χ4n) is 0.931. The average molecular weight is 139 g/mol. The second-order valence-electron chi connectivity index (χ2n) is 2.81. The molecule has 10 heavy (non-hydrogen) atoms. The van der Waals surface area contributed by atoms with Gasteiger partial charge in [-0.2, -0.15) is 0 Å². The van der Waals surface area contributed by atoms with Crippen LogP contribution in [0.4, 0.5) is 0 Å². The van der Waals surface area contributed by atoms with Crippen molar-refractivity contribution in [1.29, 1.82) is 0 Å². The lowest BCUT2D eigenvalue weighted by molar-refractivity contribution is 0.610. The van der Waals surface area contributed by atoms with Gasteiger partial charge >= 0.3 is 0 Å². The molecule has 0 nitrogen and oxygen atoms in total. The summed E-state index contributed by atoms with van der Waals surface area (Å²) in [5.74, 6) is 0.752. The minimum atomic E-state index is 0.752. The van der Waals surface area contributed by atoms with Crippen LogP contribution in [0.3, 0.4) is 0 Å². The molecule has 0 aromatic heterocycles. The highest BCUT2D eigenvalue weighted by Gasteiger charge is 1.93. The van der Waals surface area contributed by atoms with Gasteiger partial charge in [0.15, 0.2) is 0 Å². The van der Waals surface area contributed by atoms with Gasteiger partial charge in [-0.05, 0) is 18.8 Å².